The molecule has 6 nitrogen and oxygen atoms in total. The van der Waals surface area contributed by atoms with Crippen LogP contribution in [0.4, 0.5) is 6.01 Å². The van der Waals surface area contributed by atoms with Gasteiger partial charge in [0, 0.05) is 18.7 Å². The number of oxazole rings is 1. The van der Waals surface area contributed by atoms with Gasteiger partial charge >= 0.3 is 5.97 Å². The Kier molecular flexibility index (Phi) is 4.00. The summed E-state index contributed by atoms with van der Waals surface area (Å²) in [5.74, 6) is -0.179. The van der Waals surface area contributed by atoms with Crippen molar-refractivity contribution in [3.8, 4) is 17.0 Å². The number of methoxy groups -OCH3 is 1. The van der Waals surface area contributed by atoms with E-state index in [1.807, 2.05) is 29.2 Å². The fraction of sp³-hybridized carbons (Fsp3) is 0.375. The van der Waals surface area contributed by atoms with Gasteiger partial charge in [0.15, 0.2) is 0 Å². The van der Waals surface area contributed by atoms with E-state index in [9.17, 15) is 4.79 Å². The summed E-state index contributed by atoms with van der Waals surface area (Å²) in [7, 11) is 1.63. The first-order valence-electron chi connectivity index (χ1n) is 7.25. The highest BCUT2D eigenvalue weighted by Crippen LogP contribution is 2.27. The number of carboxylic acid groups (broad SMARTS) is 1. The minimum atomic E-state index is -0.717. The van der Waals surface area contributed by atoms with Gasteiger partial charge in [-0.15, -0.1) is 0 Å². The fourth-order valence-corrected chi connectivity index (χ4v) is 2.62. The normalized spacial score (nSPS) is 15.8. The summed E-state index contributed by atoms with van der Waals surface area (Å²) in [5.41, 5.74) is 1.72. The van der Waals surface area contributed by atoms with Crippen LogP contribution in [0.15, 0.2) is 34.9 Å². The molecule has 0 spiro atoms. The SMILES string of the molecule is COc1ccc(-c2coc(N3CCC(C(=O)O)CC3)n2)cc1. The molecule has 1 N–H and O–H groups in total. The number of benzene rings is 1. The van der Waals surface area contributed by atoms with Crippen LogP contribution in [-0.4, -0.2) is 36.3 Å². The highest BCUT2D eigenvalue weighted by atomic mass is 16.5. The van der Waals surface area contributed by atoms with Crippen molar-refractivity contribution in [2.45, 2.75) is 12.8 Å². The van der Waals surface area contributed by atoms with E-state index < -0.39 is 5.97 Å². The van der Waals surface area contributed by atoms with Crippen molar-refractivity contribution in [2.24, 2.45) is 5.92 Å². The van der Waals surface area contributed by atoms with E-state index in [1.54, 1.807) is 13.4 Å². The van der Waals surface area contributed by atoms with Crippen LogP contribution in [0.2, 0.25) is 0 Å². The standard InChI is InChI=1S/C16H18N2O4/c1-21-13-4-2-11(3-5-13)14-10-22-16(17-14)18-8-6-12(7-9-18)15(19)20/h2-5,10,12H,6-9H2,1H3,(H,19,20). The largest absolute Gasteiger partial charge is 0.497 e. The summed E-state index contributed by atoms with van der Waals surface area (Å²) < 4.78 is 10.7. The molecule has 0 amide bonds. The molecule has 0 aliphatic carbocycles. The summed E-state index contributed by atoms with van der Waals surface area (Å²) >= 11 is 0. The minimum Gasteiger partial charge on any atom is -0.497 e. The van der Waals surface area contributed by atoms with Crippen LogP contribution in [0.5, 0.6) is 5.75 Å². The Morgan fingerprint density at radius 2 is 2.00 bits per heavy atom. The van der Waals surface area contributed by atoms with Gasteiger partial charge in [0.2, 0.25) is 0 Å². The predicted molar refractivity (Wildman–Crippen MR) is 81.1 cm³/mol. The molecular weight excluding hydrogens is 284 g/mol. The molecule has 0 atom stereocenters. The maximum atomic E-state index is 11.0. The zero-order chi connectivity index (χ0) is 15.5. The van der Waals surface area contributed by atoms with E-state index in [4.69, 9.17) is 14.3 Å². The number of aromatic nitrogens is 1. The second-order valence-electron chi connectivity index (χ2n) is 5.34. The van der Waals surface area contributed by atoms with Crippen LogP contribution in [0.3, 0.4) is 0 Å². The van der Waals surface area contributed by atoms with Gasteiger partial charge in [-0.1, -0.05) is 0 Å². The van der Waals surface area contributed by atoms with Crippen molar-refractivity contribution < 1.29 is 19.1 Å². The van der Waals surface area contributed by atoms with E-state index in [0.717, 1.165) is 17.0 Å². The van der Waals surface area contributed by atoms with Crippen LogP contribution >= 0.6 is 0 Å². The molecule has 1 saturated heterocycles. The molecule has 0 saturated carbocycles. The third-order valence-electron chi connectivity index (χ3n) is 3.99. The van der Waals surface area contributed by atoms with Crippen LogP contribution in [0.25, 0.3) is 11.3 Å². The highest BCUT2D eigenvalue weighted by molar-refractivity contribution is 5.70. The molecule has 0 radical (unpaired) electrons. The molecule has 0 bridgehead atoms. The second kappa shape index (κ2) is 6.09. The number of nitrogens with zero attached hydrogens (tertiary/aromatic N) is 2. The number of carboxylic acids is 1. The lowest BCUT2D eigenvalue weighted by atomic mass is 9.97. The monoisotopic (exact) mass is 302 g/mol. The number of ether oxygens (including phenoxy) is 1. The first kappa shape index (κ1) is 14.4. The number of anilines is 1. The van der Waals surface area contributed by atoms with Crippen molar-refractivity contribution in [3.63, 3.8) is 0 Å². The fourth-order valence-electron chi connectivity index (χ4n) is 2.62. The summed E-state index contributed by atoms with van der Waals surface area (Å²) in [5, 5.41) is 9.02. The number of rotatable bonds is 4. The number of piperidine rings is 1. The third-order valence-corrected chi connectivity index (χ3v) is 3.99. The second-order valence-corrected chi connectivity index (χ2v) is 5.34. The molecule has 116 valence electrons. The first-order chi connectivity index (χ1) is 10.7. The van der Waals surface area contributed by atoms with Gasteiger partial charge in [0.1, 0.15) is 17.7 Å². The lowest BCUT2D eigenvalue weighted by Gasteiger charge is -2.28. The smallest absolute Gasteiger partial charge is 0.306 e. The van der Waals surface area contributed by atoms with Gasteiger partial charge in [-0.3, -0.25) is 4.79 Å². The van der Waals surface area contributed by atoms with Gasteiger partial charge in [-0.05, 0) is 37.1 Å². The van der Waals surface area contributed by atoms with Crippen LogP contribution < -0.4 is 9.64 Å². The number of aliphatic carboxylic acids is 1. The Balaban J connectivity index is 1.70. The molecule has 1 fully saturated rings. The average Bonchev–Trinajstić information content (AvgIpc) is 3.05. The molecule has 22 heavy (non-hydrogen) atoms. The van der Waals surface area contributed by atoms with Crippen molar-refractivity contribution in [3.05, 3.63) is 30.5 Å². The van der Waals surface area contributed by atoms with E-state index in [-0.39, 0.29) is 5.92 Å². The molecule has 1 aromatic heterocycles. The molecular formula is C16H18N2O4. The molecule has 2 heterocycles. The van der Waals surface area contributed by atoms with E-state index >= 15 is 0 Å². The maximum absolute atomic E-state index is 11.0. The van der Waals surface area contributed by atoms with Crippen molar-refractivity contribution in [1.82, 2.24) is 4.98 Å². The topological polar surface area (TPSA) is 75.8 Å². The van der Waals surface area contributed by atoms with Gasteiger partial charge in [-0.2, -0.15) is 4.98 Å². The minimum absolute atomic E-state index is 0.257. The highest BCUT2D eigenvalue weighted by Gasteiger charge is 2.26. The number of hydrogen-bond donors (Lipinski definition) is 1. The zero-order valence-electron chi connectivity index (χ0n) is 12.4. The lowest BCUT2D eigenvalue weighted by Crippen LogP contribution is -2.36. The number of carbonyl (C=O) groups is 1. The van der Waals surface area contributed by atoms with Crippen LogP contribution in [0.1, 0.15) is 12.8 Å². The quantitative estimate of drug-likeness (QED) is 0.935. The van der Waals surface area contributed by atoms with E-state index in [2.05, 4.69) is 4.98 Å². The van der Waals surface area contributed by atoms with Gasteiger partial charge in [0.25, 0.3) is 6.01 Å². The van der Waals surface area contributed by atoms with Crippen LogP contribution in [0, 0.1) is 5.92 Å². The average molecular weight is 302 g/mol. The van der Waals surface area contributed by atoms with Crippen molar-refractivity contribution in [1.29, 1.82) is 0 Å². The summed E-state index contributed by atoms with van der Waals surface area (Å²) in [4.78, 5) is 17.5. The molecule has 3 rings (SSSR count). The zero-order valence-corrected chi connectivity index (χ0v) is 12.4. The van der Waals surface area contributed by atoms with Gasteiger partial charge < -0.3 is 19.2 Å². The summed E-state index contributed by atoms with van der Waals surface area (Å²) in [6.45, 7) is 1.30. The molecule has 1 aliphatic rings. The van der Waals surface area contributed by atoms with Gasteiger partial charge in [-0.25, -0.2) is 0 Å². The van der Waals surface area contributed by atoms with Crippen molar-refractivity contribution >= 4 is 12.0 Å². The first-order valence-corrected chi connectivity index (χ1v) is 7.25. The molecule has 1 aliphatic heterocycles. The van der Waals surface area contributed by atoms with E-state index in [0.29, 0.717) is 31.9 Å². The Hall–Kier alpha value is -2.50. The molecule has 6 heteroatoms. The van der Waals surface area contributed by atoms with Gasteiger partial charge in [0.05, 0.1) is 13.0 Å². The maximum Gasteiger partial charge on any atom is 0.306 e. The molecule has 0 unspecified atom stereocenters. The van der Waals surface area contributed by atoms with Crippen LogP contribution in [-0.2, 0) is 4.79 Å². The van der Waals surface area contributed by atoms with E-state index in [1.165, 1.54) is 0 Å². The predicted octanol–water partition coefficient (Wildman–Crippen LogP) is 2.65. The Bertz CT molecular complexity index is 642. The molecule has 2 aromatic rings. The van der Waals surface area contributed by atoms with Crippen molar-refractivity contribution in [2.75, 3.05) is 25.1 Å². The summed E-state index contributed by atoms with van der Waals surface area (Å²) in [6.07, 6.45) is 2.87. The molecule has 1 aromatic carbocycles. The Labute approximate surface area is 128 Å². The Morgan fingerprint density at radius 1 is 1.32 bits per heavy atom. The Morgan fingerprint density at radius 3 is 2.59 bits per heavy atom. The lowest BCUT2D eigenvalue weighted by molar-refractivity contribution is -0.142. The third kappa shape index (κ3) is 2.90. The number of hydrogen-bond acceptors (Lipinski definition) is 5. The summed E-state index contributed by atoms with van der Waals surface area (Å²) in [6, 6.07) is 8.16.